The van der Waals surface area contributed by atoms with Crippen molar-refractivity contribution in [3.8, 4) is 5.75 Å². The van der Waals surface area contributed by atoms with Gasteiger partial charge in [-0.05, 0) is 38.4 Å². The second-order valence-corrected chi connectivity index (χ2v) is 6.43. The number of benzene rings is 1. The van der Waals surface area contributed by atoms with Crippen molar-refractivity contribution >= 4 is 11.6 Å². The van der Waals surface area contributed by atoms with Crippen LogP contribution in [0.2, 0.25) is 5.02 Å². The average Bonchev–Trinajstić information content (AvgIpc) is 2.93. The van der Waals surface area contributed by atoms with Crippen molar-refractivity contribution in [2.75, 3.05) is 26.2 Å². The van der Waals surface area contributed by atoms with Gasteiger partial charge in [-0.1, -0.05) is 30.2 Å². The normalized spacial score (nSPS) is 25.1. The number of aromatic hydroxyl groups is 1. The summed E-state index contributed by atoms with van der Waals surface area (Å²) in [5.41, 5.74) is 0.941. The summed E-state index contributed by atoms with van der Waals surface area (Å²) in [4.78, 5) is 5.09. The highest BCUT2D eigenvalue weighted by atomic mass is 35.5. The maximum atomic E-state index is 10.0. The molecule has 2 saturated heterocycles. The van der Waals surface area contributed by atoms with Crippen LogP contribution in [0.15, 0.2) is 18.2 Å². The zero-order valence-corrected chi connectivity index (χ0v) is 12.6. The first-order valence-electron chi connectivity index (χ1n) is 7.67. The molecule has 1 aromatic carbocycles. The number of piperidine rings is 1. The molecule has 3 nitrogen and oxygen atoms in total. The van der Waals surface area contributed by atoms with E-state index in [1.165, 1.54) is 38.8 Å². The molecule has 2 aliphatic heterocycles. The third-order valence-electron chi connectivity index (χ3n) is 4.62. The summed E-state index contributed by atoms with van der Waals surface area (Å²) >= 11 is 5.97. The predicted molar refractivity (Wildman–Crippen MR) is 82.2 cm³/mol. The molecule has 0 aliphatic carbocycles. The SMILES string of the molecule is Oc1c(Cl)cccc1CN1CCC(N2CCCCC2)C1. The maximum Gasteiger partial charge on any atom is 0.138 e. The summed E-state index contributed by atoms with van der Waals surface area (Å²) in [6.07, 6.45) is 5.35. The molecule has 110 valence electrons. The Labute approximate surface area is 126 Å². The van der Waals surface area contributed by atoms with Gasteiger partial charge in [0, 0.05) is 31.2 Å². The molecule has 0 saturated carbocycles. The molecule has 4 heteroatoms. The molecule has 3 rings (SSSR count). The number of phenols is 1. The number of hydrogen-bond acceptors (Lipinski definition) is 3. The van der Waals surface area contributed by atoms with Crippen LogP contribution in [0.3, 0.4) is 0 Å². The van der Waals surface area contributed by atoms with Gasteiger partial charge in [0.2, 0.25) is 0 Å². The molecule has 0 bridgehead atoms. The fourth-order valence-electron chi connectivity index (χ4n) is 3.47. The summed E-state index contributed by atoms with van der Waals surface area (Å²) in [5.74, 6) is 0.246. The van der Waals surface area contributed by atoms with Gasteiger partial charge in [-0.2, -0.15) is 0 Å². The number of nitrogens with zero attached hydrogens (tertiary/aromatic N) is 2. The monoisotopic (exact) mass is 294 g/mol. The standard InChI is InChI=1S/C16H23ClN2O/c17-15-6-4-5-13(16(15)20)11-18-10-7-14(12-18)19-8-2-1-3-9-19/h4-6,14,20H,1-3,7-12H2. The molecule has 1 aromatic rings. The Morgan fingerprint density at radius 3 is 2.75 bits per heavy atom. The number of hydrogen-bond donors (Lipinski definition) is 1. The fourth-order valence-corrected chi connectivity index (χ4v) is 3.66. The van der Waals surface area contributed by atoms with E-state index in [0.717, 1.165) is 25.2 Å². The molecule has 2 aliphatic rings. The van der Waals surface area contributed by atoms with Crippen molar-refractivity contribution in [3.63, 3.8) is 0 Å². The summed E-state index contributed by atoms with van der Waals surface area (Å²) in [6, 6.07) is 6.32. The van der Waals surface area contributed by atoms with Gasteiger partial charge in [0.25, 0.3) is 0 Å². The second kappa shape index (κ2) is 6.33. The molecule has 0 spiro atoms. The van der Waals surface area contributed by atoms with Crippen LogP contribution >= 0.6 is 11.6 Å². The first kappa shape index (κ1) is 14.2. The number of para-hydroxylation sites is 1. The molecule has 2 heterocycles. The van der Waals surface area contributed by atoms with Gasteiger partial charge in [0.15, 0.2) is 0 Å². The topological polar surface area (TPSA) is 26.7 Å². The van der Waals surface area contributed by atoms with Crippen LogP contribution in [0, 0.1) is 0 Å². The van der Waals surface area contributed by atoms with E-state index < -0.39 is 0 Å². The Hall–Kier alpha value is -0.770. The molecule has 2 fully saturated rings. The minimum absolute atomic E-state index is 0.246. The lowest BCUT2D eigenvalue weighted by Gasteiger charge is -2.32. The average molecular weight is 295 g/mol. The van der Waals surface area contributed by atoms with Crippen molar-refractivity contribution in [3.05, 3.63) is 28.8 Å². The molecule has 1 unspecified atom stereocenters. The van der Waals surface area contributed by atoms with Crippen molar-refractivity contribution in [2.24, 2.45) is 0 Å². The van der Waals surface area contributed by atoms with Crippen molar-refractivity contribution < 1.29 is 5.11 Å². The number of phenolic OH excluding ortho intramolecular Hbond substituents is 1. The number of rotatable bonds is 3. The van der Waals surface area contributed by atoms with Gasteiger partial charge in [-0.25, -0.2) is 0 Å². The summed E-state index contributed by atoms with van der Waals surface area (Å²) < 4.78 is 0. The summed E-state index contributed by atoms with van der Waals surface area (Å²) in [5, 5.41) is 10.5. The van der Waals surface area contributed by atoms with Crippen LogP contribution in [-0.4, -0.2) is 47.1 Å². The van der Waals surface area contributed by atoms with Crippen molar-refractivity contribution in [1.29, 1.82) is 0 Å². The Morgan fingerprint density at radius 2 is 1.95 bits per heavy atom. The largest absolute Gasteiger partial charge is 0.506 e. The molecule has 1 N–H and O–H groups in total. The van der Waals surface area contributed by atoms with Gasteiger partial charge >= 0.3 is 0 Å². The Kier molecular flexibility index (Phi) is 4.49. The van der Waals surface area contributed by atoms with Crippen LogP contribution in [0.4, 0.5) is 0 Å². The van der Waals surface area contributed by atoms with Crippen molar-refractivity contribution in [1.82, 2.24) is 9.80 Å². The first-order valence-corrected chi connectivity index (χ1v) is 8.04. The van der Waals surface area contributed by atoms with Crippen LogP contribution in [0.5, 0.6) is 5.75 Å². The van der Waals surface area contributed by atoms with Crippen LogP contribution in [0.1, 0.15) is 31.2 Å². The quantitative estimate of drug-likeness (QED) is 0.928. The Morgan fingerprint density at radius 1 is 1.15 bits per heavy atom. The minimum atomic E-state index is 0.246. The molecular weight excluding hydrogens is 272 g/mol. The molecule has 20 heavy (non-hydrogen) atoms. The lowest BCUT2D eigenvalue weighted by Crippen LogP contribution is -2.40. The summed E-state index contributed by atoms with van der Waals surface area (Å²) in [6.45, 7) is 5.57. The molecule has 0 amide bonds. The fraction of sp³-hybridized carbons (Fsp3) is 0.625. The smallest absolute Gasteiger partial charge is 0.138 e. The lowest BCUT2D eigenvalue weighted by atomic mass is 10.1. The second-order valence-electron chi connectivity index (χ2n) is 6.02. The maximum absolute atomic E-state index is 10.0. The number of halogens is 1. The van der Waals surface area contributed by atoms with Gasteiger partial charge in [-0.3, -0.25) is 9.80 Å². The van der Waals surface area contributed by atoms with E-state index in [4.69, 9.17) is 11.6 Å². The molecular formula is C16H23ClN2O. The highest BCUT2D eigenvalue weighted by Crippen LogP contribution is 2.29. The zero-order valence-electron chi connectivity index (χ0n) is 11.9. The minimum Gasteiger partial charge on any atom is -0.506 e. The predicted octanol–water partition coefficient (Wildman–Crippen LogP) is 3.11. The lowest BCUT2D eigenvalue weighted by molar-refractivity contribution is 0.161. The zero-order chi connectivity index (χ0) is 13.9. The third kappa shape index (κ3) is 3.11. The molecule has 0 aromatic heterocycles. The van der Waals surface area contributed by atoms with Crippen molar-refractivity contribution in [2.45, 2.75) is 38.3 Å². The molecule has 0 radical (unpaired) electrons. The van der Waals surface area contributed by atoms with Gasteiger partial charge < -0.3 is 5.11 Å². The van der Waals surface area contributed by atoms with Crippen LogP contribution in [0.25, 0.3) is 0 Å². The van der Waals surface area contributed by atoms with Crippen LogP contribution < -0.4 is 0 Å². The third-order valence-corrected chi connectivity index (χ3v) is 4.92. The highest BCUT2D eigenvalue weighted by molar-refractivity contribution is 6.32. The number of likely N-dealkylation sites (tertiary alicyclic amines) is 2. The Bertz CT molecular complexity index is 460. The van der Waals surface area contributed by atoms with E-state index in [1.807, 2.05) is 12.1 Å². The van der Waals surface area contributed by atoms with E-state index in [0.29, 0.717) is 11.1 Å². The summed E-state index contributed by atoms with van der Waals surface area (Å²) in [7, 11) is 0. The van der Waals surface area contributed by atoms with Gasteiger partial charge in [0.1, 0.15) is 5.75 Å². The van der Waals surface area contributed by atoms with Gasteiger partial charge in [0.05, 0.1) is 5.02 Å². The highest BCUT2D eigenvalue weighted by Gasteiger charge is 2.28. The van der Waals surface area contributed by atoms with E-state index in [-0.39, 0.29) is 5.75 Å². The van der Waals surface area contributed by atoms with Gasteiger partial charge in [-0.15, -0.1) is 0 Å². The van der Waals surface area contributed by atoms with E-state index in [9.17, 15) is 5.11 Å². The molecule has 1 atom stereocenters. The van der Waals surface area contributed by atoms with E-state index in [2.05, 4.69) is 9.80 Å². The Balaban J connectivity index is 1.58. The van der Waals surface area contributed by atoms with Crippen LogP contribution in [-0.2, 0) is 6.54 Å². The first-order chi connectivity index (χ1) is 9.74. The van der Waals surface area contributed by atoms with E-state index >= 15 is 0 Å². The van der Waals surface area contributed by atoms with E-state index in [1.54, 1.807) is 6.07 Å².